The summed E-state index contributed by atoms with van der Waals surface area (Å²) in [7, 11) is 3.98. The fourth-order valence-electron chi connectivity index (χ4n) is 2.43. The van der Waals surface area contributed by atoms with Crippen LogP contribution in [-0.2, 0) is 0 Å². The molecule has 2 rings (SSSR count). The molecule has 2 aromatic carbocycles. The molecule has 0 radical (unpaired) electrons. The monoisotopic (exact) mass is 314 g/mol. The summed E-state index contributed by atoms with van der Waals surface area (Å²) >= 11 is 0. The summed E-state index contributed by atoms with van der Waals surface area (Å²) in [4.78, 5) is 14.6. The van der Waals surface area contributed by atoms with E-state index < -0.39 is 0 Å². The van der Waals surface area contributed by atoms with E-state index in [2.05, 4.69) is 10.2 Å². The van der Waals surface area contributed by atoms with Crippen molar-refractivity contribution < 1.29 is 9.18 Å². The van der Waals surface area contributed by atoms with Gasteiger partial charge >= 0.3 is 0 Å². The molecule has 0 fully saturated rings. The lowest BCUT2D eigenvalue weighted by Gasteiger charge is -2.21. The molecule has 1 unspecified atom stereocenters. The lowest BCUT2D eigenvalue weighted by atomic mass is 10.0. The third-order valence-corrected chi connectivity index (χ3v) is 3.72. The van der Waals surface area contributed by atoms with E-state index in [1.165, 1.54) is 12.1 Å². The summed E-state index contributed by atoms with van der Waals surface area (Å²) in [6.45, 7) is 2.79. The number of carbonyl (C=O) groups is 1. The lowest BCUT2D eigenvalue weighted by molar-refractivity contribution is 0.0932. The van der Waals surface area contributed by atoms with Gasteiger partial charge in [-0.25, -0.2) is 4.39 Å². The van der Waals surface area contributed by atoms with E-state index in [0.29, 0.717) is 5.56 Å². The van der Waals surface area contributed by atoms with Crippen LogP contribution >= 0.6 is 0 Å². The van der Waals surface area contributed by atoms with Crippen molar-refractivity contribution in [2.24, 2.45) is 0 Å². The van der Waals surface area contributed by atoms with Crippen LogP contribution < -0.4 is 5.32 Å². The van der Waals surface area contributed by atoms with E-state index in [4.69, 9.17) is 0 Å². The van der Waals surface area contributed by atoms with Crippen molar-refractivity contribution in [2.75, 3.05) is 20.6 Å². The first-order valence-corrected chi connectivity index (χ1v) is 7.73. The minimum atomic E-state index is -0.273. The number of carbonyl (C=O) groups excluding carboxylic acids is 1. The number of amides is 1. The second kappa shape index (κ2) is 7.88. The molecular formula is C19H23FN2O. The molecule has 4 heteroatoms. The van der Waals surface area contributed by atoms with E-state index in [-0.39, 0.29) is 17.8 Å². The molecule has 0 saturated carbocycles. The molecule has 122 valence electrons. The van der Waals surface area contributed by atoms with E-state index in [1.807, 2.05) is 39.2 Å². The molecular weight excluding hydrogens is 291 g/mol. The maximum atomic E-state index is 13.1. The van der Waals surface area contributed by atoms with Crippen LogP contribution in [0.5, 0.6) is 0 Å². The maximum Gasteiger partial charge on any atom is 0.251 e. The second-order valence-corrected chi connectivity index (χ2v) is 6.04. The van der Waals surface area contributed by atoms with Gasteiger partial charge in [-0.05, 0) is 63.8 Å². The van der Waals surface area contributed by atoms with Crippen LogP contribution in [0.1, 0.15) is 33.9 Å². The molecule has 0 spiro atoms. The van der Waals surface area contributed by atoms with Crippen molar-refractivity contribution in [3.05, 3.63) is 71.0 Å². The minimum Gasteiger partial charge on any atom is -0.345 e. The zero-order chi connectivity index (χ0) is 16.8. The number of aryl methyl sites for hydroxylation is 1. The van der Waals surface area contributed by atoms with Gasteiger partial charge in [0.2, 0.25) is 0 Å². The van der Waals surface area contributed by atoms with Gasteiger partial charge in [-0.2, -0.15) is 0 Å². The summed E-state index contributed by atoms with van der Waals surface area (Å²) in [6, 6.07) is 13.7. The number of nitrogens with one attached hydrogen (secondary N) is 1. The summed E-state index contributed by atoms with van der Waals surface area (Å²) in [5.41, 5.74) is 2.60. The van der Waals surface area contributed by atoms with Crippen molar-refractivity contribution in [1.82, 2.24) is 10.2 Å². The average molecular weight is 314 g/mol. The molecule has 0 saturated heterocycles. The van der Waals surface area contributed by atoms with Crippen LogP contribution in [-0.4, -0.2) is 31.4 Å². The van der Waals surface area contributed by atoms with Gasteiger partial charge in [-0.1, -0.05) is 29.8 Å². The quantitative estimate of drug-likeness (QED) is 0.884. The van der Waals surface area contributed by atoms with Crippen LogP contribution in [0.15, 0.2) is 48.5 Å². The largest absolute Gasteiger partial charge is 0.345 e. The highest BCUT2D eigenvalue weighted by Gasteiger charge is 2.16. The molecule has 3 nitrogen and oxygen atoms in total. The Hall–Kier alpha value is -2.20. The Morgan fingerprint density at radius 2 is 1.87 bits per heavy atom. The van der Waals surface area contributed by atoms with Crippen LogP contribution in [0.4, 0.5) is 4.39 Å². The number of halogens is 1. The third kappa shape index (κ3) is 5.18. The Labute approximate surface area is 137 Å². The van der Waals surface area contributed by atoms with Gasteiger partial charge in [0.1, 0.15) is 5.82 Å². The fourth-order valence-corrected chi connectivity index (χ4v) is 2.43. The molecule has 0 aliphatic rings. The topological polar surface area (TPSA) is 32.3 Å². The molecule has 0 aliphatic carbocycles. The Morgan fingerprint density at radius 1 is 1.17 bits per heavy atom. The van der Waals surface area contributed by atoms with Crippen LogP contribution in [0, 0.1) is 12.7 Å². The van der Waals surface area contributed by atoms with E-state index >= 15 is 0 Å². The minimum absolute atomic E-state index is 0.109. The zero-order valence-electron chi connectivity index (χ0n) is 13.8. The number of hydrogen-bond donors (Lipinski definition) is 1. The van der Waals surface area contributed by atoms with Gasteiger partial charge in [0.25, 0.3) is 5.91 Å². The Bertz CT molecular complexity index is 653. The molecule has 0 heterocycles. The van der Waals surface area contributed by atoms with Gasteiger partial charge in [-0.3, -0.25) is 4.79 Å². The Kier molecular flexibility index (Phi) is 5.88. The third-order valence-electron chi connectivity index (χ3n) is 3.72. The number of nitrogens with zero attached hydrogens (tertiary/aromatic N) is 1. The van der Waals surface area contributed by atoms with Gasteiger partial charge in [-0.15, -0.1) is 0 Å². The zero-order valence-corrected chi connectivity index (χ0v) is 13.8. The molecule has 0 aliphatic heterocycles. The maximum absolute atomic E-state index is 13.1. The molecule has 1 amide bonds. The highest BCUT2D eigenvalue weighted by atomic mass is 19.1. The standard InChI is InChI=1S/C19H23FN2O/c1-14-5-4-6-16(13-14)19(23)21-18(11-12-22(2)3)15-7-9-17(20)10-8-15/h4-10,13,18H,11-12H2,1-3H3,(H,21,23). The van der Waals surface area contributed by atoms with Crippen molar-refractivity contribution in [3.8, 4) is 0 Å². The Balaban J connectivity index is 2.16. The first-order valence-electron chi connectivity index (χ1n) is 7.73. The second-order valence-electron chi connectivity index (χ2n) is 6.04. The number of benzene rings is 2. The van der Waals surface area contributed by atoms with Crippen LogP contribution in [0.25, 0.3) is 0 Å². The normalized spacial score (nSPS) is 12.2. The molecule has 0 aromatic heterocycles. The van der Waals surface area contributed by atoms with Gasteiger partial charge < -0.3 is 10.2 Å². The van der Waals surface area contributed by atoms with Crippen molar-refractivity contribution in [2.45, 2.75) is 19.4 Å². The summed E-state index contributed by atoms with van der Waals surface area (Å²) in [5.74, 6) is -0.382. The molecule has 2 aromatic rings. The van der Waals surface area contributed by atoms with Crippen LogP contribution in [0.2, 0.25) is 0 Å². The predicted molar refractivity (Wildman–Crippen MR) is 91.0 cm³/mol. The smallest absolute Gasteiger partial charge is 0.251 e. The van der Waals surface area contributed by atoms with Gasteiger partial charge in [0, 0.05) is 5.56 Å². The van der Waals surface area contributed by atoms with E-state index in [1.54, 1.807) is 18.2 Å². The van der Waals surface area contributed by atoms with Gasteiger partial charge in [0.05, 0.1) is 6.04 Å². The van der Waals surface area contributed by atoms with E-state index in [0.717, 1.165) is 24.1 Å². The van der Waals surface area contributed by atoms with E-state index in [9.17, 15) is 9.18 Å². The number of rotatable bonds is 6. The summed E-state index contributed by atoms with van der Waals surface area (Å²) in [6.07, 6.45) is 0.760. The Morgan fingerprint density at radius 3 is 2.48 bits per heavy atom. The van der Waals surface area contributed by atoms with Crippen LogP contribution in [0.3, 0.4) is 0 Å². The van der Waals surface area contributed by atoms with Gasteiger partial charge in [0.15, 0.2) is 0 Å². The lowest BCUT2D eigenvalue weighted by Crippen LogP contribution is -2.31. The predicted octanol–water partition coefficient (Wildman–Crippen LogP) is 3.56. The molecule has 1 atom stereocenters. The van der Waals surface area contributed by atoms with Crippen molar-refractivity contribution >= 4 is 5.91 Å². The van der Waals surface area contributed by atoms with Crippen molar-refractivity contribution in [3.63, 3.8) is 0 Å². The molecule has 23 heavy (non-hydrogen) atoms. The first kappa shape index (κ1) is 17.2. The molecule has 1 N–H and O–H groups in total. The fraction of sp³-hybridized carbons (Fsp3) is 0.316. The van der Waals surface area contributed by atoms with Crippen molar-refractivity contribution in [1.29, 1.82) is 0 Å². The highest BCUT2D eigenvalue weighted by Crippen LogP contribution is 2.18. The SMILES string of the molecule is Cc1cccc(C(=O)NC(CCN(C)C)c2ccc(F)cc2)c1. The number of hydrogen-bond acceptors (Lipinski definition) is 2. The first-order chi connectivity index (χ1) is 11.0. The molecule has 0 bridgehead atoms. The summed E-state index contributed by atoms with van der Waals surface area (Å²) in [5, 5.41) is 3.06. The summed E-state index contributed by atoms with van der Waals surface area (Å²) < 4.78 is 13.1. The average Bonchev–Trinajstić information content (AvgIpc) is 2.52. The highest BCUT2D eigenvalue weighted by molar-refractivity contribution is 5.94.